The second-order valence-corrected chi connectivity index (χ2v) is 9.22. The number of halogens is 1. The van der Waals surface area contributed by atoms with Crippen LogP contribution in [0.2, 0.25) is 0 Å². The van der Waals surface area contributed by atoms with E-state index in [1.165, 1.54) is 24.8 Å². The number of anilines is 1. The van der Waals surface area contributed by atoms with Crippen LogP contribution in [0.3, 0.4) is 0 Å². The highest BCUT2D eigenvalue weighted by Crippen LogP contribution is 2.38. The molecule has 30 heavy (non-hydrogen) atoms. The summed E-state index contributed by atoms with van der Waals surface area (Å²) in [6.07, 6.45) is 0.930. The van der Waals surface area contributed by atoms with Gasteiger partial charge in [0.05, 0.1) is 11.6 Å². The maximum Gasteiger partial charge on any atom is 0.339 e. The standard InChI is InChI=1S/C23H24BrNO4S/c1-4-18-7-5-6-8-21(18)25-15-17-13-20(24)23(22(14-17)28-3)29-30(26,27)19-11-9-16(2)10-12-19/h5-14,25H,4,15H2,1-3H3. The van der Waals surface area contributed by atoms with Gasteiger partial charge in [-0.2, -0.15) is 8.42 Å². The van der Waals surface area contributed by atoms with Crippen molar-refractivity contribution < 1.29 is 17.3 Å². The number of benzene rings is 3. The zero-order chi connectivity index (χ0) is 21.7. The summed E-state index contributed by atoms with van der Waals surface area (Å²) in [5.41, 5.74) is 4.18. The average molecular weight is 490 g/mol. The molecule has 158 valence electrons. The largest absolute Gasteiger partial charge is 0.493 e. The van der Waals surface area contributed by atoms with Crippen LogP contribution >= 0.6 is 15.9 Å². The quantitative estimate of drug-likeness (QED) is 0.410. The molecular formula is C23H24BrNO4S. The summed E-state index contributed by atoms with van der Waals surface area (Å²) < 4.78 is 36.7. The Balaban J connectivity index is 1.84. The van der Waals surface area contributed by atoms with E-state index in [4.69, 9.17) is 8.92 Å². The first-order valence-corrected chi connectivity index (χ1v) is 11.7. The second-order valence-electron chi connectivity index (χ2n) is 6.82. The summed E-state index contributed by atoms with van der Waals surface area (Å²) in [6.45, 7) is 4.56. The third-order valence-corrected chi connectivity index (χ3v) is 6.50. The van der Waals surface area contributed by atoms with Crippen molar-refractivity contribution in [1.29, 1.82) is 0 Å². The Kier molecular flexibility index (Phi) is 7.05. The van der Waals surface area contributed by atoms with E-state index in [0.29, 0.717) is 16.8 Å². The first kappa shape index (κ1) is 22.2. The van der Waals surface area contributed by atoms with Crippen molar-refractivity contribution >= 4 is 31.7 Å². The Bertz CT molecular complexity index is 1130. The summed E-state index contributed by atoms with van der Waals surface area (Å²) in [4.78, 5) is 0.0870. The van der Waals surface area contributed by atoms with Gasteiger partial charge in [0, 0.05) is 12.2 Å². The molecule has 0 saturated carbocycles. The van der Waals surface area contributed by atoms with Crippen molar-refractivity contribution in [3.05, 3.63) is 81.8 Å². The zero-order valence-electron chi connectivity index (χ0n) is 17.1. The molecule has 0 saturated heterocycles. The van der Waals surface area contributed by atoms with Crippen LogP contribution in [0.25, 0.3) is 0 Å². The summed E-state index contributed by atoms with van der Waals surface area (Å²) in [5.74, 6) is 0.455. The van der Waals surface area contributed by atoms with Crippen LogP contribution in [0, 0.1) is 6.92 Å². The van der Waals surface area contributed by atoms with Crippen LogP contribution in [0.5, 0.6) is 11.5 Å². The molecule has 0 radical (unpaired) electrons. The van der Waals surface area contributed by atoms with Crippen molar-refractivity contribution in [3.63, 3.8) is 0 Å². The Labute approximate surface area is 186 Å². The third-order valence-electron chi connectivity index (χ3n) is 4.67. The second kappa shape index (κ2) is 9.53. The van der Waals surface area contributed by atoms with E-state index in [9.17, 15) is 8.42 Å². The van der Waals surface area contributed by atoms with Crippen molar-refractivity contribution in [3.8, 4) is 11.5 Å². The fraction of sp³-hybridized carbons (Fsp3) is 0.217. The number of hydrogen-bond donors (Lipinski definition) is 1. The summed E-state index contributed by atoms with van der Waals surface area (Å²) >= 11 is 3.43. The monoisotopic (exact) mass is 489 g/mol. The number of hydrogen-bond acceptors (Lipinski definition) is 5. The summed E-state index contributed by atoms with van der Waals surface area (Å²) in [5, 5.41) is 3.42. The highest BCUT2D eigenvalue weighted by atomic mass is 79.9. The topological polar surface area (TPSA) is 64.6 Å². The normalized spacial score (nSPS) is 11.2. The van der Waals surface area contributed by atoms with E-state index in [0.717, 1.165) is 23.2 Å². The molecule has 0 unspecified atom stereocenters. The van der Waals surface area contributed by atoms with E-state index in [2.05, 4.69) is 34.2 Å². The summed E-state index contributed by atoms with van der Waals surface area (Å²) in [6, 6.07) is 18.2. The fourth-order valence-corrected chi connectivity index (χ4v) is 4.65. The zero-order valence-corrected chi connectivity index (χ0v) is 19.5. The van der Waals surface area contributed by atoms with Gasteiger partial charge in [-0.3, -0.25) is 0 Å². The SMILES string of the molecule is CCc1ccccc1NCc1cc(Br)c(OS(=O)(=O)c2ccc(C)cc2)c(OC)c1. The van der Waals surface area contributed by atoms with Gasteiger partial charge in [-0.1, -0.05) is 42.8 Å². The van der Waals surface area contributed by atoms with Crippen LogP contribution in [0.4, 0.5) is 5.69 Å². The Morgan fingerprint density at radius 3 is 2.40 bits per heavy atom. The van der Waals surface area contributed by atoms with Gasteiger partial charge in [0.25, 0.3) is 0 Å². The molecule has 0 bridgehead atoms. The van der Waals surface area contributed by atoms with Gasteiger partial charge in [0.1, 0.15) is 4.90 Å². The molecule has 0 aliphatic carbocycles. The van der Waals surface area contributed by atoms with Gasteiger partial charge in [-0.15, -0.1) is 0 Å². The van der Waals surface area contributed by atoms with E-state index in [1.54, 1.807) is 18.2 Å². The van der Waals surface area contributed by atoms with Crippen LogP contribution in [0.1, 0.15) is 23.6 Å². The predicted octanol–water partition coefficient (Wildman–Crippen LogP) is 5.71. The Morgan fingerprint density at radius 2 is 1.73 bits per heavy atom. The van der Waals surface area contributed by atoms with E-state index in [1.807, 2.05) is 31.2 Å². The first-order chi connectivity index (χ1) is 14.3. The van der Waals surface area contributed by atoms with Gasteiger partial charge < -0.3 is 14.2 Å². The van der Waals surface area contributed by atoms with E-state index >= 15 is 0 Å². The fourth-order valence-electron chi connectivity index (χ4n) is 3.02. The lowest BCUT2D eigenvalue weighted by Crippen LogP contribution is -2.11. The van der Waals surface area contributed by atoms with Crippen LogP contribution < -0.4 is 14.2 Å². The minimum absolute atomic E-state index is 0.0870. The molecule has 3 rings (SSSR count). The number of ether oxygens (including phenoxy) is 1. The molecule has 0 atom stereocenters. The van der Waals surface area contributed by atoms with Gasteiger partial charge >= 0.3 is 10.1 Å². The maximum absolute atomic E-state index is 12.7. The molecule has 0 amide bonds. The molecule has 3 aromatic rings. The minimum Gasteiger partial charge on any atom is -0.493 e. The molecule has 0 spiro atoms. The number of nitrogens with one attached hydrogen (secondary N) is 1. The van der Waals surface area contributed by atoms with Crippen molar-refractivity contribution in [2.75, 3.05) is 12.4 Å². The Hall–Kier alpha value is -2.51. The number of para-hydroxylation sites is 1. The number of aryl methyl sites for hydroxylation is 2. The highest BCUT2D eigenvalue weighted by molar-refractivity contribution is 9.10. The van der Waals surface area contributed by atoms with E-state index in [-0.39, 0.29) is 10.6 Å². The summed E-state index contributed by atoms with van der Waals surface area (Å²) in [7, 11) is -2.51. The Morgan fingerprint density at radius 1 is 1.03 bits per heavy atom. The lowest BCUT2D eigenvalue weighted by atomic mass is 10.1. The predicted molar refractivity (Wildman–Crippen MR) is 123 cm³/mol. The van der Waals surface area contributed by atoms with Gasteiger partial charge in [-0.05, 0) is 70.7 Å². The maximum atomic E-state index is 12.7. The molecule has 0 fully saturated rings. The molecule has 3 aromatic carbocycles. The third kappa shape index (κ3) is 5.15. The van der Waals surface area contributed by atoms with Gasteiger partial charge in [-0.25, -0.2) is 0 Å². The van der Waals surface area contributed by atoms with Crippen LogP contribution in [0.15, 0.2) is 70.0 Å². The lowest BCUT2D eigenvalue weighted by molar-refractivity contribution is 0.389. The van der Waals surface area contributed by atoms with Crippen molar-refractivity contribution in [1.82, 2.24) is 0 Å². The number of rotatable bonds is 8. The molecule has 7 heteroatoms. The molecule has 0 aliphatic rings. The van der Waals surface area contributed by atoms with Crippen molar-refractivity contribution in [2.24, 2.45) is 0 Å². The van der Waals surface area contributed by atoms with E-state index < -0.39 is 10.1 Å². The molecule has 0 heterocycles. The number of methoxy groups -OCH3 is 1. The van der Waals surface area contributed by atoms with Gasteiger partial charge in [0.15, 0.2) is 11.5 Å². The lowest BCUT2D eigenvalue weighted by Gasteiger charge is -2.16. The van der Waals surface area contributed by atoms with Gasteiger partial charge in [0.2, 0.25) is 0 Å². The molecule has 5 nitrogen and oxygen atoms in total. The highest BCUT2D eigenvalue weighted by Gasteiger charge is 2.22. The average Bonchev–Trinajstić information content (AvgIpc) is 2.74. The van der Waals surface area contributed by atoms with Crippen LogP contribution in [-0.4, -0.2) is 15.5 Å². The van der Waals surface area contributed by atoms with Crippen molar-refractivity contribution in [2.45, 2.75) is 31.7 Å². The molecule has 1 N–H and O–H groups in total. The smallest absolute Gasteiger partial charge is 0.339 e. The molecule has 0 aromatic heterocycles. The van der Waals surface area contributed by atoms with Crippen LogP contribution in [-0.2, 0) is 23.1 Å². The molecule has 0 aliphatic heterocycles. The first-order valence-electron chi connectivity index (χ1n) is 9.53. The molecular weight excluding hydrogens is 466 g/mol. The minimum atomic E-state index is -3.99.